The number of ether oxygens (including phenoxy) is 1. The molecule has 0 radical (unpaired) electrons. The molecule has 1 saturated heterocycles. The largest absolute Gasteiger partial charge is 0.450 e. The van der Waals surface area contributed by atoms with Crippen LogP contribution in [0.5, 0.6) is 11.5 Å². The summed E-state index contributed by atoms with van der Waals surface area (Å²) >= 11 is 4.69. The van der Waals surface area contributed by atoms with E-state index in [-0.39, 0.29) is 18.4 Å². The number of piperidine rings is 1. The average Bonchev–Trinajstić information content (AvgIpc) is 3.40. The second-order valence-corrected chi connectivity index (χ2v) is 8.80. The molecule has 1 fully saturated rings. The molecule has 0 bridgehead atoms. The van der Waals surface area contributed by atoms with Crippen molar-refractivity contribution in [1.82, 2.24) is 29.0 Å². The topological polar surface area (TPSA) is 118 Å². The summed E-state index contributed by atoms with van der Waals surface area (Å²) in [6.07, 6.45) is 6.68. The normalized spacial score (nSPS) is 14.6. The molecule has 3 aromatic rings. The van der Waals surface area contributed by atoms with Crippen LogP contribution in [0, 0.1) is 0 Å². The number of amides is 1. The zero-order chi connectivity index (χ0) is 21.8. The number of rotatable bonds is 7. The van der Waals surface area contributed by atoms with Crippen LogP contribution in [0.25, 0.3) is 0 Å². The van der Waals surface area contributed by atoms with Crippen molar-refractivity contribution in [3.8, 4) is 11.5 Å². The Morgan fingerprint density at radius 3 is 2.94 bits per heavy atom. The first-order chi connectivity index (χ1) is 15.0. The van der Waals surface area contributed by atoms with E-state index in [1.807, 2.05) is 4.90 Å². The lowest BCUT2D eigenvalue weighted by molar-refractivity contribution is -0.129. The SMILES string of the molecule is CC(=O)N1CCC(c2nsc(Nc3ncc(Br)cc3Oc3cnn(CCO)c3)n2)CC1. The highest BCUT2D eigenvalue weighted by Crippen LogP contribution is 2.34. The fourth-order valence-electron chi connectivity index (χ4n) is 3.35. The van der Waals surface area contributed by atoms with Gasteiger partial charge in [-0.3, -0.25) is 9.48 Å². The summed E-state index contributed by atoms with van der Waals surface area (Å²) in [5.41, 5.74) is 0. The van der Waals surface area contributed by atoms with Gasteiger partial charge in [-0.25, -0.2) is 9.97 Å². The number of anilines is 2. The fraction of sp³-hybridized carbons (Fsp3) is 0.421. The predicted molar refractivity (Wildman–Crippen MR) is 119 cm³/mol. The first-order valence-electron chi connectivity index (χ1n) is 9.84. The molecule has 10 nitrogen and oxygen atoms in total. The number of nitrogens with zero attached hydrogens (tertiary/aromatic N) is 6. The van der Waals surface area contributed by atoms with Crippen LogP contribution >= 0.6 is 27.5 Å². The third-order valence-electron chi connectivity index (χ3n) is 4.96. The number of aliphatic hydroxyl groups excluding tert-OH is 1. The van der Waals surface area contributed by atoms with Gasteiger partial charge in [-0.2, -0.15) is 9.47 Å². The number of pyridine rings is 1. The van der Waals surface area contributed by atoms with Gasteiger partial charge in [-0.15, -0.1) is 0 Å². The molecule has 4 heterocycles. The van der Waals surface area contributed by atoms with E-state index < -0.39 is 0 Å². The summed E-state index contributed by atoms with van der Waals surface area (Å²) in [4.78, 5) is 22.4. The molecule has 0 aromatic carbocycles. The average molecular weight is 508 g/mol. The first-order valence-corrected chi connectivity index (χ1v) is 11.4. The Morgan fingerprint density at radius 2 is 2.19 bits per heavy atom. The lowest BCUT2D eigenvalue weighted by atomic mass is 9.96. The number of halogens is 1. The van der Waals surface area contributed by atoms with Crippen LogP contribution in [0.4, 0.5) is 10.9 Å². The van der Waals surface area contributed by atoms with E-state index in [0.717, 1.165) is 36.2 Å². The molecule has 0 atom stereocenters. The molecule has 2 N–H and O–H groups in total. The summed E-state index contributed by atoms with van der Waals surface area (Å²) < 4.78 is 12.8. The standard InChI is InChI=1S/C19H22BrN7O3S/c1-12(29)26-4-2-13(3-5-26)17-23-19(31-25-17)24-18-16(8-14(20)9-21-18)30-15-10-22-27(11-15)6-7-28/h8-11,13,28H,2-7H2,1H3,(H,21,23,24,25). The number of aliphatic hydroxyl groups is 1. The maximum absolute atomic E-state index is 11.5. The molecule has 0 unspecified atom stereocenters. The molecule has 1 aliphatic rings. The third kappa shape index (κ3) is 5.38. The highest BCUT2D eigenvalue weighted by atomic mass is 79.9. The molecule has 12 heteroatoms. The highest BCUT2D eigenvalue weighted by molar-refractivity contribution is 9.10. The zero-order valence-corrected chi connectivity index (χ0v) is 19.3. The van der Waals surface area contributed by atoms with Crippen molar-refractivity contribution in [2.45, 2.75) is 32.2 Å². The van der Waals surface area contributed by atoms with Crippen molar-refractivity contribution in [3.05, 3.63) is 35.0 Å². The van der Waals surface area contributed by atoms with E-state index in [2.05, 4.69) is 40.7 Å². The number of carbonyl (C=O) groups excluding carboxylic acids is 1. The number of aromatic nitrogens is 5. The summed E-state index contributed by atoms with van der Waals surface area (Å²) in [5.74, 6) is 2.69. The lowest BCUT2D eigenvalue weighted by Gasteiger charge is -2.29. The molecule has 1 amide bonds. The van der Waals surface area contributed by atoms with Gasteiger partial charge in [0.15, 0.2) is 17.3 Å². The van der Waals surface area contributed by atoms with Gasteiger partial charge in [0.2, 0.25) is 11.0 Å². The van der Waals surface area contributed by atoms with Crippen molar-refractivity contribution < 1.29 is 14.6 Å². The molecule has 0 spiro atoms. The van der Waals surface area contributed by atoms with Gasteiger partial charge in [0.25, 0.3) is 0 Å². The number of carbonyl (C=O) groups is 1. The number of likely N-dealkylation sites (tertiary alicyclic amines) is 1. The van der Waals surface area contributed by atoms with E-state index >= 15 is 0 Å². The molecule has 4 rings (SSSR count). The van der Waals surface area contributed by atoms with E-state index in [0.29, 0.717) is 29.0 Å². The fourth-order valence-corrected chi connectivity index (χ4v) is 4.30. The Bertz CT molecular complexity index is 1050. The van der Waals surface area contributed by atoms with E-state index in [1.54, 1.807) is 36.3 Å². The molecule has 0 saturated carbocycles. The number of hydrogen-bond acceptors (Lipinski definition) is 9. The van der Waals surface area contributed by atoms with Gasteiger partial charge in [-0.05, 0) is 28.8 Å². The van der Waals surface area contributed by atoms with E-state index in [4.69, 9.17) is 9.84 Å². The molecular weight excluding hydrogens is 486 g/mol. The molecule has 31 heavy (non-hydrogen) atoms. The van der Waals surface area contributed by atoms with Crippen molar-refractivity contribution in [2.75, 3.05) is 25.0 Å². The minimum Gasteiger partial charge on any atom is -0.450 e. The molecule has 1 aliphatic heterocycles. The number of hydrogen-bond donors (Lipinski definition) is 2. The Hall–Kier alpha value is -2.57. The monoisotopic (exact) mass is 507 g/mol. The van der Waals surface area contributed by atoms with Gasteiger partial charge < -0.3 is 20.1 Å². The quantitative estimate of drug-likeness (QED) is 0.500. The molecule has 3 aromatic heterocycles. The van der Waals surface area contributed by atoms with Crippen molar-refractivity contribution in [3.63, 3.8) is 0 Å². The van der Waals surface area contributed by atoms with Gasteiger partial charge in [0.1, 0.15) is 5.82 Å². The van der Waals surface area contributed by atoms with Crippen LogP contribution in [-0.2, 0) is 11.3 Å². The van der Waals surface area contributed by atoms with Crippen molar-refractivity contribution in [1.29, 1.82) is 0 Å². The van der Waals surface area contributed by atoms with Crippen molar-refractivity contribution in [2.24, 2.45) is 0 Å². The van der Waals surface area contributed by atoms with Gasteiger partial charge in [-0.1, -0.05) is 0 Å². The maximum Gasteiger partial charge on any atom is 0.219 e. The first kappa shape index (κ1) is 21.7. The lowest BCUT2D eigenvalue weighted by Crippen LogP contribution is -2.36. The molecule has 164 valence electrons. The second kappa shape index (κ2) is 9.71. The van der Waals surface area contributed by atoms with Crippen LogP contribution in [0.15, 0.2) is 29.1 Å². The summed E-state index contributed by atoms with van der Waals surface area (Å²) in [7, 11) is 0. The van der Waals surface area contributed by atoms with Crippen LogP contribution in [0.3, 0.4) is 0 Å². The number of nitrogens with one attached hydrogen (secondary N) is 1. The third-order valence-corrected chi connectivity index (χ3v) is 6.04. The summed E-state index contributed by atoms with van der Waals surface area (Å²) in [5, 5.41) is 17.0. The Labute approximate surface area is 191 Å². The van der Waals surface area contributed by atoms with Gasteiger partial charge in [0.05, 0.1) is 25.5 Å². The van der Waals surface area contributed by atoms with Crippen molar-refractivity contribution >= 4 is 44.3 Å². The van der Waals surface area contributed by atoms with Crippen LogP contribution < -0.4 is 10.1 Å². The Balaban J connectivity index is 1.45. The predicted octanol–water partition coefficient (Wildman–Crippen LogP) is 3.15. The van der Waals surface area contributed by atoms with Crippen LogP contribution in [-0.4, -0.2) is 59.7 Å². The minimum atomic E-state index is -0.000472. The molecular formula is C19H22BrN7O3S. The summed E-state index contributed by atoms with van der Waals surface area (Å²) in [6.45, 7) is 3.46. The summed E-state index contributed by atoms with van der Waals surface area (Å²) in [6, 6.07) is 1.80. The zero-order valence-electron chi connectivity index (χ0n) is 16.9. The van der Waals surface area contributed by atoms with Crippen LogP contribution in [0.1, 0.15) is 31.5 Å². The van der Waals surface area contributed by atoms with E-state index in [9.17, 15) is 4.79 Å². The Kier molecular flexibility index (Phi) is 6.78. The minimum absolute atomic E-state index is 0.000472. The van der Waals surface area contributed by atoms with E-state index in [1.165, 1.54) is 11.5 Å². The molecule has 0 aliphatic carbocycles. The van der Waals surface area contributed by atoms with Gasteiger partial charge in [0, 0.05) is 54.2 Å². The van der Waals surface area contributed by atoms with Crippen LogP contribution in [0.2, 0.25) is 0 Å². The van der Waals surface area contributed by atoms with Gasteiger partial charge >= 0.3 is 0 Å². The maximum atomic E-state index is 11.5. The highest BCUT2D eigenvalue weighted by Gasteiger charge is 2.25. The second-order valence-electron chi connectivity index (χ2n) is 7.13. The smallest absolute Gasteiger partial charge is 0.219 e. The Morgan fingerprint density at radius 1 is 1.39 bits per heavy atom.